The molecule has 0 bridgehead atoms. The average Bonchev–Trinajstić information content (AvgIpc) is 2.46. The quantitative estimate of drug-likeness (QED) is 0.774. The van der Waals surface area contributed by atoms with Crippen molar-refractivity contribution >= 4 is 10.9 Å². The van der Waals surface area contributed by atoms with Crippen LogP contribution in [-0.2, 0) is 0 Å². The summed E-state index contributed by atoms with van der Waals surface area (Å²) in [4.78, 5) is 15.0. The highest BCUT2D eigenvalue weighted by Crippen LogP contribution is 2.26. The molecule has 0 aliphatic rings. The summed E-state index contributed by atoms with van der Waals surface area (Å²) in [5.41, 5.74) is 1.31. The number of benzene rings is 2. The van der Waals surface area contributed by atoms with Gasteiger partial charge in [-0.3, -0.25) is 4.79 Å². The molecule has 1 aromatic heterocycles. The third-order valence-electron chi connectivity index (χ3n) is 3.12. The van der Waals surface area contributed by atoms with Crippen LogP contribution in [0.15, 0.2) is 59.4 Å². The molecule has 0 amide bonds. The third kappa shape index (κ3) is 2.95. The van der Waals surface area contributed by atoms with Crippen LogP contribution in [-0.4, -0.2) is 11.3 Å². The molecule has 0 saturated heterocycles. The summed E-state index contributed by atoms with van der Waals surface area (Å²) in [6.45, 7) is 0. The molecule has 1 heterocycles. The van der Waals surface area contributed by atoms with Gasteiger partial charge in [0.15, 0.2) is 5.43 Å². The van der Waals surface area contributed by atoms with Gasteiger partial charge in [0.25, 0.3) is 0 Å². The predicted octanol–water partition coefficient (Wildman–Crippen LogP) is 4.09. The van der Waals surface area contributed by atoms with Crippen molar-refractivity contribution in [2.45, 2.75) is 6.36 Å². The lowest BCUT2D eigenvalue weighted by Crippen LogP contribution is -2.17. The van der Waals surface area contributed by atoms with E-state index in [9.17, 15) is 18.0 Å². The Balaban J connectivity index is 2.13. The second kappa shape index (κ2) is 5.22. The van der Waals surface area contributed by atoms with Crippen LogP contribution in [0.1, 0.15) is 0 Å². The standard InChI is InChI=1S/C16H10F3NO2/c17-16(18,19)22-11-6-7-12-14(8-11)20-13(9-15(12)21)10-4-2-1-3-5-10/h1-9H,(H,20,21). The van der Waals surface area contributed by atoms with Crippen LogP contribution in [0.5, 0.6) is 5.75 Å². The Morgan fingerprint density at radius 2 is 1.68 bits per heavy atom. The zero-order chi connectivity index (χ0) is 15.7. The van der Waals surface area contributed by atoms with Crippen molar-refractivity contribution in [3.05, 3.63) is 64.8 Å². The molecular weight excluding hydrogens is 295 g/mol. The summed E-state index contributed by atoms with van der Waals surface area (Å²) >= 11 is 0. The molecule has 1 N–H and O–H groups in total. The van der Waals surface area contributed by atoms with E-state index in [1.807, 2.05) is 6.07 Å². The van der Waals surface area contributed by atoms with Crippen molar-refractivity contribution in [3.63, 3.8) is 0 Å². The Bertz CT molecular complexity index is 870. The summed E-state index contributed by atoms with van der Waals surface area (Å²) in [7, 11) is 0. The van der Waals surface area contributed by atoms with Gasteiger partial charge in [0, 0.05) is 23.2 Å². The number of rotatable bonds is 2. The van der Waals surface area contributed by atoms with E-state index in [0.29, 0.717) is 11.1 Å². The number of ether oxygens (including phenoxy) is 1. The minimum Gasteiger partial charge on any atom is -0.406 e. The van der Waals surface area contributed by atoms with Crippen LogP contribution in [0.2, 0.25) is 0 Å². The average molecular weight is 305 g/mol. The number of aromatic amines is 1. The van der Waals surface area contributed by atoms with E-state index < -0.39 is 6.36 Å². The summed E-state index contributed by atoms with van der Waals surface area (Å²) in [6.07, 6.45) is -4.77. The van der Waals surface area contributed by atoms with Gasteiger partial charge in [0.05, 0.1) is 5.52 Å². The number of aromatic nitrogens is 1. The van der Waals surface area contributed by atoms with Gasteiger partial charge in [-0.1, -0.05) is 30.3 Å². The van der Waals surface area contributed by atoms with E-state index in [0.717, 1.165) is 17.7 Å². The molecule has 112 valence electrons. The first-order valence-corrected chi connectivity index (χ1v) is 6.41. The van der Waals surface area contributed by atoms with E-state index in [2.05, 4.69) is 9.72 Å². The number of pyridine rings is 1. The first kappa shape index (κ1) is 14.2. The van der Waals surface area contributed by atoms with E-state index >= 15 is 0 Å². The molecule has 0 radical (unpaired) electrons. The molecule has 3 nitrogen and oxygen atoms in total. The SMILES string of the molecule is O=c1cc(-c2ccccc2)[nH]c2cc(OC(F)(F)F)ccc12. The maximum Gasteiger partial charge on any atom is 0.573 e. The Morgan fingerprint density at radius 1 is 0.955 bits per heavy atom. The zero-order valence-electron chi connectivity index (χ0n) is 11.1. The van der Waals surface area contributed by atoms with Crippen LogP contribution in [0.4, 0.5) is 13.2 Å². The summed E-state index contributed by atoms with van der Waals surface area (Å²) in [6, 6.07) is 14.1. The van der Waals surface area contributed by atoms with Gasteiger partial charge in [0.1, 0.15) is 5.75 Å². The zero-order valence-corrected chi connectivity index (χ0v) is 11.1. The molecule has 2 aromatic carbocycles. The summed E-state index contributed by atoms with van der Waals surface area (Å²) in [5, 5.41) is 0.300. The van der Waals surface area contributed by atoms with Crippen molar-refractivity contribution < 1.29 is 17.9 Å². The van der Waals surface area contributed by atoms with Crippen LogP contribution < -0.4 is 10.2 Å². The van der Waals surface area contributed by atoms with Gasteiger partial charge in [-0.15, -0.1) is 13.2 Å². The van der Waals surface area contributed by atoms with Gasteiger partial charge in [0.2, 0.25) is 0 Å². The normalized spacial score (nSPS) is 11.6. The molecule has 0 fully saturated rings. The topological polar surface area (TPSA) is 42.1 Å². The molecule has 22 heavy (non-hydrogen) atoms. The van der Waals surface area contributed by atoms with Crippen LogP contribution in [0.25, 0.3) is 22.2 Å². The summed E-state index contributed by atoms with van der Waals surface area (Å²) in [5.74, 6) is -0.374. The molecular formula is C16H10F3NO2. The number of alkyl halides is 3. The Morgan fingerprint density at radius 3 is 2.36 bits per heavy atom. The molecule has 0 aliphatic carbocycles. The molecule has 0 unspecified atom stereocenters. The van der Waals surface area contributed by atoms with E-state index in [1.165, 1.54) is 12.1 Å². The second-order valence-electron chi connectivity index (χ2n) is 4.67. The molecule has 3 rings (SSSR count). The highest BCUT2D eigenvalue weighted by molar-refractivity contribution is 5.82. The lowest BCUT2D eigenvalue weighted by atomic mass is 10.1. The van der Waals surface area contributed by atoms with E-state index in [1.54, 1.807) is 24.3 Å². The smallest absolute Gasteiger partial charge is 0.406 e. The molecule has 0 aliphatic heterocycles. The number of hydrogen-bond acceptors (Lipinski definition) is 2. The van der Waals surface area contributed by atoms with Crippen molar-refractivity contribution in [1.29, 1.82) is 0 Å². The molecule has 0 spiro atoms. The number of nitrogens with one attached hydrogen (secondary N) is 1. The maximum absolute atomic E-state index is 12.3. The molecule has 3 aromatic rings. The lowest BCUT2D eigenvalue weighted by Gasteiger charge is -2.10. The van der Waals surface area contributed by atoms with Crippen molar-refractivity contribution in [1.82, 2.24) is 4.98 Å². The minimum absolute atomic E-state index is 0.272. The fraction of sp³-hybridized carbons (Fsp3) is 0.0625. The first-order chi connectivity index (χ1) is 10.4. The predicted molar refractivity (Wildman–Crippen MR) is 76.7 cm³/mol. The minimum atomic E-state index is -4.77. The van der Waals surface area contributed by atoms with Crippen LogP contribution >= 0.6 is 0 Å². The molecule has 6 heteroatoms. The number of halogens is 3. The van der Waals surface area contributed by atoms with Gasteiger partial charge in [-0.05, 0) is 17.7 Å². The highest BCUT2D eigenvalue weighted by Gasteiger charge is 2.31. The Hall–Kier alpha value is -2.76. The van der Waals surface area contributed by atoms with Crippen LogP contribution in [0, 0.1) is 0 Å². The van der Waals surface area contributed by atoms with Gasteiger partial charge < -0.3 is 9.72 Å². The largest absolute Gasteiger partial charge is 0.573 e. The second-order valence-corrected chi connectivity index (χ2v) is 4.67. The third-order valence-corrected chi connectivity index (χ3v) is 3.12. The van der Waals surface area contributed by atoms with Gasteiger partial charge in [-0.2, -0.15) is 0 Å². The molecule has 0 saturated carbocycles. The number of H-pyrrole nitrogens is 1. The van der Waals surface area contributed by atoms with Crippen LogP contribution in [0.3, 0.4) is 0 Å². The number of fused-ring (bicyclic) bond motifs is 1. The van der Waals surface area contributed by atoms with Gasteiger partial charge in [-0.25, -0.2) is 0 Å². The van der Waals surface area contributed by atoms with E-state index in [-0.39, 0.29) is 16.7 Å². The fourth-order valence-electron chi connectivity index (χ4n) is 2.20. The Labute approximate surface area is 123 Å². The molecule has 0 atom stereocenters. The highest BCUT2D eigenvalue weighted by atomic mass is 19.4. The number of hydrogen-bond donors (Lipinski definition) is 1. The fourth-order valence-corrected chi connectivity index (χ4v) is 2.20. The monoisotopic (exact) mass is 305 g/mol. The first-order valence-electron chi connectivity index (χ1n) is 6.41. The van der Waals surface area contributed by atoms with Gasteiger partial charge >= 0.3 is 6.36 Å². The maximum atomic E-state index is 12.3. The Kier molecular flexibility index (Phi) is 3.36. The van der Waals surface area contributed by atoms with Crippen molar-refractivity contribution in [2.24, 2.45) is 0 Å². The van der Waals surface area contributed by atoms with E-state index in [4.69, 9.17) is 0 Å². The summed E-state index contributed by atoms with van der Waals surface area (Å²) < 4.78 is 40.7. The van der Waals surface area contributed by atoms with Crippen molar-refractivity contribution in [3.8, 4) is 17.0 Å². The lowest BCUT2D eigenvalue weighted by molar-refractivity contribution is -0.274. The van der Waals surface area contributed by atoms with Crippen molar-refractivity contribution in [2.75, 3.05) is 0 Å².